The number of benzene rings is 3. The highest BCUT2D eigenvalue weighted by molar-refractivity contribution is 7.90. The van der Waals surface area contributed by atoms with E-state index in [1.165, 1.54) is 22.2 Å². The highest BCUT2D eigenvalue weighted by atomic mass is 35.5. The summed E-state index contributed by atoms with van der Waals surface area (Å²) >= 11 is 5.92. The van der Waals surface area contributed by atoms with Crippen LogP contribution in [-0.4, -0.2) is 19.4 Å². The Morgan fingerprint density at radius 2 is 1.75 bits per heavy atom. The Morgan fingerprint density at radius 3 is 2.41 bits per heavy atom. The van der Waals surface area contributed by atoms with Crippen LogP contribution in [0.5, 0.6) is 0 Å². The number of nitrogens with zero attached hydrogens (tertiary/aromatic N) is 1. The summed E-state index contributed by atoms with van der Waals surface area (Å²) in [6.07, 6.45) is 1.61. The quantitative estimate of drug-likeness (QED) is 0.352. The fraction of sp³-hybridized carbons (Fsp3) is 0.130. The average molecular weight is 494 g/mol. The van der Waals surface area contributed by atoms with Crippen LogP contribution in [0.1, 0.15) is 11.1 Å². The zero-order valence-electron chi connectivity index (χ0n) is 17.4. The molecule has 2 N–H and O–H groups in total. The van der Waals surface area contributed by atoms with E-state index in [9.17, 15) is 12.8 Å². The predicted octanol–water partition coefficient (Wildman–Crippen LogP) is 5.86. The van der Waals surface area contributed by atoms with E-state index >= 15 is 0 Å². The molecule has 0 atom stereocenters. The minimum atomic E-state index is -3.85. The molecule has 0 saturated carbocycles. The molecule has 0 aliphatic rings. The Hall–Kier alpha value is -2.58. The maximum atomic E-state index is 14.3. The van der Waals surface area contributed by atoms with Crippen molar-refractivity contribution in [2.75, 3.05) is 12.4 Å². The van der Waals surface area contributed by atoms with Crippen LogP contribution in [-0.2, 0) is 16.6 Å². The van der Waals surface area contributed by atoms with Crippen molar-refractivity contribution in [1.82, 2.24) is 9.29 Å². The molecule has 32 heavy (non-hydrogen) atoms. The van der Waals surface area contributed by atoms with Gasteiger partial charge in [0.1, 0.15) is 5.82 Å². The van der Waals surface area contributed by atoms with Gasteiger partial charge in [-0.1, -0.05) is 23.7 Å². The first-order valence-corrected chi connectivity index (χ1v) is 11.4. The Morgan fingerprint density at radius 1 is 1.03 bits per heavy atom. The molecule has 168 valence electrons. The molecular formula is C23H22Cl2FN3O2S. The number of aromatic nitrogens is 1. The van der Waals surface area contributed by atoms with Gasteiger partial charge >= 0.3 is 0 Å². The van der Waals surface area contributed by atoms with Crippen LogP contribution in [0.15, 0.2) is 71.8 Å². The lowest BCUT2D eigenvalue weighted by atomic mass is 10.1. The van der Waals surface area contributed by atoms with E-state index in [0.717, 1.165) is 16.5 Å². The molecule has 0 bridgehead atoms. The number of hydrogen-bond donors (Lipinski definition) is 2. The van der Waals surface area contributed by atoms with Crippen LogP contribution < -0.4 is 10.6 Å². The van der Waals surface area contributed by atoms with Crippen molar-refractivity contribution in [3.63, 3.8) is 0 Å². The third-order valence-electron chi connectivity index (χ3n) is 5.00. The number of anilines is 2. The minimum absolute atomic E-state index is 0. The number of rotatable bonds is 6. The van der Waals surface area contributed by atoms with Crippen molar-refractivity contribution in [1.29, 1.82) is 0 Å². The molecule has 0 fully saturated rings. The van der Waals surface area contributed by atoms with Gasteiger partial charge in [-0.15, -0.1) is 12.4 Å². The number of halogens is 3. The van der Waals surface area contributed by atoms with E-state index in [1.807, 2.05) is 19.1 Å². The highest BCUT2D eigenvalue weighted by Gasteiger charge is 2.21. The van der Waals surface area contributed by atoms with Crippen molar-refractivity contribution >= 4 is 56.3 Å². The second-order valence-electron chi connectivity index (χ2n) is 7.28. The summed E-state index contributed by atoms with van der Waals surface area (Å²) in [5.41, 5.74) is 3.05. The molecule has 4 aromatic rings. The van der Waals surface area contributed by atoms with E-state index in [0.29, 0.717) is 28.5 Å². The van der Waals surface area contributed by atoms with E-state index in [4.69, 9.17) is 11.6 Å². The Balaban J connectivity index is 0.00000289. The summed E-state index contributed by atoms with van der Waals surface area (Å²) in [6, 6.07) is 16.3. The molecule has 0 unspecified atom stereocenters. The van der Waals surface area contributed by atoms with Gasteiger partial charge in [-0.05, 0) is 73.6 Å². The van der Waals surface area contributed by atoms with E-state index in [1.54, 1.807) is 43.6 Å². The molecule has 1 aromatic heterocycles. The van der Waals surface area contributed by atoms with Crippen LogP contribution in [0.3, 0.4) is 0 Å². The summed E-state index contributed by atoms with van der Waals surface area (Å²) in [5.74, 6) is -0.375. The number of nitrogens with one attached hydrogen (secondary N) is 2. The van der Waals surface area contributed by atoms with Crippen molar-refractivity contribution in [3.05, 3.63) is 88.8 Å². The molecule has 4 rings (SSSR count). The number of hydrogen-bond acceptors (Lipinski definition) is 4. The topological polar surface area (TPSA) is 63.1 Å². The van der Waals surface area contributed by atoms with Gasteiger partial charge < -0.3 is 10.6 Å². The van der Waals surface area contributed by atoms with Crippen LogP contribution in [0, 0.1) is 12.7 Å². The summed E-state index contributed by atoms with van der Waals surface area (Å²) in [4.78, 5) is 0.132. The van der Waals surface area contributed by atoms with Crippen molar-refractivity contribution in [2.45, 2.75) is 18.4 Å². The van der Waals surface area contributed by atoms with Gasteiger partial charge in [-0.25, -0.2) is 16.8 Å². The van der Waals surface area contributed by atoms with E-state index in [-0.39, 0.29) is 23.1 Å². The lowest BCUT2D eigenvalue weighted by Crippen LogP contribution is -2.12. The van der Waals surface area contributed by atoms with Crippen molar-refractivity contribution in [3.8, 4) is 0 Å². The summed E-state index contributed by atoms with van der Waals surface area (Å²) in [5, 5.41) is 7.36. The molecule has 0 spiro atoms. The summed E-state index contributed by atoms with van der Waals surface area (Å²) in [7, 11) is -2.06. The van der Waals surface area contributed by atoms with Gasteiger partial charge in [-0.3, -0.25) is 0 Å². The molecule has 0 aliphatic heterocycles. The second kappa shape index (κ2) is 9.50. The van der Waals surface area contributed by atoms with Crippen LogP contribution >= 0.6 is 24.0 Å². The lowest BCUT2D eigenvalue weighted by Gasteiger charge is -2.11. The molecule has 5 nitrogen and oxygen atoms in total. The summed E-state index contributed by atoms with van der Waals surface area (Å²) < 4.78 is 42.3. The highest BCUT2D eigenvalue weighted by Crippen LogP contribution is 2.30. The van der Waals surface area contributed by atoms with Gasteiger partial charge in [0.05, 0.1) is 16.1 Å². The maximum absolute atomic E-state index is 14.3. The number of aryl methyl sites for hydroxylation is 1. The van der Waals surface area contributed by atoms with Crippen LogP contribution in [0.2, 0.25) is 5.02 Å². The summed E-state index contributed by atoms with van der Waals surface area (Å²) in [6.45, 7) is 2.32. The molecule has 0 aliphatic carbocycles. The molecule has 3 aromatic carbocycles. The standard InChI is InChI=1S/C23H21ClFN3O2S.ClH/c1-15-3-10-22(21(25)11-15)27-18-6-9-20-16(13-26-2)14-28(23(20)12-18)31(29,30)19-7-4-17(24)5-8-19;/h3-12,14,26-27H,13H2,1-2H3;1H. The first kappa shape index (κ1) is 24.1. The van der Waals surface area contributed by atoms with Crippen molar-refractivity contribution < 1.29 is 12.8 Å². The SMILES string of the molecule is CNCc1cn(S(=O)(=O)c2ccc(Cl)cc2)c2cc(Nc3ccc(C)cc3F)ccc12.Cl. The predicted molar refractivity (Wildman–Crippen MR) is 130 cm³/mol. The van der Waals surface area contributed by atoms with Crippen LogP contribution in [0.25, 0.3) is 10.9 Å². The van der Waals surface area contributed by atoms with Gasteiger partial charge in [0.25, 0.3) is 10.0 Å². The van der Waals surface area contributed by atoms with Gasteiger partial charge in [0.15, 0.2) is 0 Å². The largest absolute Gasteiger partial charge is 0.353 e. The first-order valence-electron chi connectivity index (χ1n) is 9.62. The van der Waals surface area contributed by atoms with E-state index in [2.05, 4.69) is 10.6 Å². The third-order valence-corrected chi connectivity index (χ3v) is 6.94. The van der Waals surface area contributed by atoms with Crippen molar-refractivity contribution in [2.24, 2.45) is 0 Å². The first-order chi connectivity index (χ1) is 14.8. The zero-order chi connectivity index (χ0) is 22.2. The molecule has 9 heteroatoms. The third kappa shape index (κ3) is 4.61. The van der Waals surface area contributed by atoms with Gasteiger partial charge in [-0.2, -0.15) is 0 Å². The number of fused-ring (bicyclic) bond motifs is 1. The van der Waals surface area contributed by atoms with Crippen LogP contribution in [0.4, 0.5) is 15.8 Å². The second-order valence-corrected chi connectivity index (χ2v) is 9.53. The fourth-order valence-electron chi connectivity index (χ4n) is 3.47. The van der Waals surface area contributed by atoms with Gasteiger partial charge in [0.2, 0.25) is 0 Å². The Labute approximate surface area is 197 Å². The monoisotopic (exact) mass is 493 g/mol. The molecular weight excluding hydrogens is 472 g/mol. The normalized spacial score (nSPS) is 11.4. The zero-order valence-corrected chi connectivity index (χ0v) is 19.8. The Bertz CT molecular complexity index is 1370. The molecule has 0 radical (unpaired) electrons. The van der Waals surface area contributed by atoms with Gasteiger partial charge in [0, 0.05) is 28.8 Å². The van der Waals surface area contributed by atoms with E-state index < -0.39 is 10.0 Å². The molecule has 0 saturated heterocycles. The Kier molecular flexibility index (Phi) is 7.15. The minimum Gasteiger partial charge on any atom is -0.353 e. The fourth-order valence-corrected chi connectivity index (χ4v) is 4.98. The maximum Gasteiger partial charge on any atom is 0.268 e. The molecule has 0 amide bonds. The average Bonchev–Trinajstić information content (AvgIpc) is 3.09. The molecule has 1 heterocycles. The smallest absolute Gasteiger partial charge is 0.268 e. The lowest BCUT2D eigenvalue weighted by molar-refractivity contribution is 0.589.